The Labute approximate surface area is 139 Å². The first-order valence-corrected chi connectivity index (χ1v) is 7.41. The molecule has 1 aromatic carbocycles. The maximum absolute atomic E-state index is 11.8. The highest BCUT2D eigenvalue weighted by atomic mass is 35.5. The van der Waals surface area contributed by atoms with Gasteiger partial charge in [-0.25, -0.2) is 4.79 Å². The topological polar surface area (TPSA) is 88.0 Å². The molecule has 0 aliphatic heterocycles. The molecule has 0 spiro atoms. The summed E-state index contributed by atoms with van der Waals surface area (Å²) in [6, 6.07) is 4.77. The van der Waals surface area contributed by atoms with Crippen LogP contribution in [0.3, 0.4) is 0 Å². The average molecular weight is 339 g/mol. The minimum absolute atomic E-state index is 0.0696. The quantitative estimate of drug-likeness (QED) is 0.361. The van der Waals surface area contributed by atoms with E-state index in [-0.39, 0.29) is 34.4 Å². The number of ether oxygens (including phenoxy) is 1. The molecule has 6 nitrogen and oxygen atoms in total. The van der Waals surface area contributed by atoms with Gasteiger partial charge in [-0.05, 0) is 25.5 Å². The Kier molecular flexibility index (Phi) is 7.28. The van der Waals surface area contributed by atoms with Crippen molar-refractivity contribution < 1.29 is 19.4 Å². The van der Waals surface area contributed by atoms with Gasteiger partial charge < -0.3 is 15.2 Å². The summed E-state index contributed by atoms with van der Waals surface area (Å²) < 4.78 is 4.97. The Morgan fingerprint density at radius 2 is 2.13 bits per heavy atom. The molecule has 0 aromatic heterocycles. The fraction of sp³-hybridized carbons (Fsp3) is 0.312. The molecule has 124 valence electrons. The number of aliphatic hydroxyl groups is 1. The number of rotatable bonds is 6. The molecule has 0 bridgehead atoms. The number of hydrogen-bond acceptors (Lipinski definition) is 5. The molecule has 2 N–H and O–H groups in total. The maximum Gasteiger partial charge on any atom is 0.343 e. The zero-order valence-electron chi connectivity index (χ0n) is 13.2. The highest BCUT2D eigenvalue weighted by molar-refractivity contribution is 6.36. The van der Waals surface area contributed by atoms with Crippen molar-refractivity contribution in [3.63, 3.8) is 0 Å². The standard InChI is InChI=1S/C16H19ClN2O4/c1-4-8-23-16(22)12(10(2)20)9-19-13-7-5-6-11(14(13)17)15(21)18-3/h5-7,9,20H,4,8H2,1-3H3,(H,18,21). The number of benzene rings is 1. The molecule has 0 aliphatic rings. The summed E-state index contributed by atoms with van der Waals surface area (Å²) in [4.78, 5) is 27.6. The minimum Gasteiger partial charge on any atom is -0.512 e. The van der Waals surface area contributed by atoms with Gasteiger partial charge in [-0.1, -0.05) is 24.6 Å². The van der Waals surface area contributed by atoms with E-state index in [0.717, 1.165) is 0 Å². The molecule has 1 amide bonds. The van der Waals surface area contributed by atoms with Gasteiger partial charge in [0.05, 0.1) is 22.9 Å². The van der Waals surface area contributed by atoms with Gasteiger partial charge in [0.2, 0.25) is 0 Å². The van der Waals surface area contributed by atoms with Crippen LogP contribution in [-0.4, -0.2) is 36.9 Å². The molecule has 0 heterocycles. The minimum atomic E-state index is -0.672. The van der Waals surface area contributed by atoms with Gasteiger partial charge in [0.1, 0.15) is 11.3 Å². The largest absolute Gasteiger partial charge is 0.512 e. The van der Waals surface area contributed by atoms with E-state index in [0.29, 0.717) is 12.1 Å². The zero-order valence-corrected chi connectivity index (χ0v) is 14.0. The first kappa shape index (κ1) is 18.7. The second-order valence-corrected chi connectivity index (χ2v) is 4.99. The van der Waals surface area contributed by atoms with Crippen molar-refractivity contribution in [2.45, 2.75) is 20.3 Å². The molecule has 0 unspecified atom stereocenters. The van der Waals surface area contributed by atoms with Crippen LogP contribution < -0.4 is 5.32 Å². The number of hydrogen-bond donors (Lipinski definition) is 2. The number of esters is 1. The molecule has 0 saturated carbocycles. The summed E-state index contributed by atoms with van der Waals surface area (Å²) in [6.07, 6.45) is 1.84. The van der Waals surface area contributed by atoms with Crippen molar-refractivity contribution in [3.05, 3.63) is 40.1 Å². The molecule has 0 radical (unpaired) electrons. The van der Waals surface area contributed by atoms with Crippen LogP contribution in [-0.2, 0) is 9.53 Å². The second-order valence-electron chi connectivity index (χ2n) is 4.61. The van der Waals surface area contributed by atoms with Gasteiger partial charge in [0, 0.05) is 13.3 Å². The van der Waals surface area contributed by atoms with E-state index in [2.05, 4.69) is 10.3 Å². The van der Waals surface area contributed by atoms with E-state index < -0.39 is 5.97 Å². The van der Waals surface area contributed by atoms with E-state index in [9.17, 15) is 14.7 Å². The van der Waals surface area contributed by atoms with Gasteiger partial charge in [0.15, 0.2) is 0 Å². The lowest BCUT2D eigenvalue weighted by Crippen LogP contribution is -2.18. The molecule has 0 aliphatic carbocycles. The van der Waals surface area contributed by atoms with Crippen LogP contribution in [0.5, 0.6) is 0 Å². The number of aliphatic hydroxyl groups excluding tert-OH is 1. The number of halogens is 1. The Balaban J connectivity index is 3.09. The molecular formula is C16H19ClN2O4. The van der Waals surface area contributed by atoms with Crippen LogP contribution >= 0.6 is 11.6 Å². The second kappa shape index (κ2) is 8.95. The van der Waals surface area contributed by atoms with Crippen molar-refractivity contribution in [1.82, 2.24) is 5.32 Å². The van der Waals surface area contributed by atoms with E-state index >= 15 is 0 Å². The molecule has 7 heteroatoms. The average Bonchev–Trinajstić information content (AvgIpc) is 2.53. The molecular weight excluding hydrogens is 320 g/mol. The van der Waals surface area contributed by atoms with Crippen molar-refractivity contribution in [2.75, 3.05) is 13.7 Å². The fourth-order valence-corrected chi connectivity index (χ4v) is 1.89. The van der Waals surface area contributed by atoms with Gasteiger partial charge in [-0.2, -0.15) is 0 Å². The van der Waals surface area contributed by atoms with Crippen LogP contribution in [0.15, 0.2) is 34.5 Å². The predicted molar refractivity (Wildman–Crippen MR) is 89.6 cm³/mol. The third-order valence-corrected chi connectivity index (χ3v) is 3.23. The van der Waals surface area contributed by atoms with Crippen LogP contribution in [0, 0.1) is 0 Å². The maximum atomic E-state index is 11.8. The number of aliphatic imine (C=N–C) groups is 1. The number of carbonyl (C=O) groups excluding carboxylic acids is 2. The Morgan fingerprint density at radius 1 is 1.43 bits per heavy atom. The lowest BCUT2D eigenvalue weighted by atomic mass is 10.2. The Bertz CT molecular complexity index is 649. The summed E-state index contributed by atoms with van der Waals surface area (Å²) in [5.41, 5.74) is 0.498. The Morgan fingerprint density at radius 3 is 2.70 bits per heavy atom. The first-order chi connectivity index (χ1) is 10.9. The summed E-state index contributed by atoms with van der Waals surface area (Å²) in [5.74, 6) is -1.23. The van der Waals surface area contributed by atoms with Crippen molar-refractivity contribution in [2.24, 2.45) is 4.99 Å². The van der Waals surface area contributed by atoms with Crippen molar-refractivity contribution >= 4 is 35.4 Å². The summed E-state index contributed by atoms with van der Waals surface area (Å²) >= 11 is 6.14. The molecule has 0 atom stereocenters. The van der Waals surface area contributed by atoms with Gasteiger partial charge in [0.25, 0.3) is 5.91 Å². The highest BCUT2D eigenvalue weighted by Crippen LogP contribution is 2.28. The highest BCUT2D eigenvalue weighted by Gasteiger charge is 2.14. The van der Waals surface area contributed by atoms with Crippen molar-refractivity contribution in [1.29, 1.82) is 0 Å². The first-order valence-electron chi connectivity index (χ1n) is 7.04. The summed E-state index contributed by atoms with van der Waals surface area (Å²) in [7, 11) is 1.49. The monoisotopic (exact) mass is 338 g/mol. The predicted octanol–water partition coefficient (Wildman–Crippen LogP) is 3.19. The van der Waals surface area contributed by atoms with Gasteiger partial charge >= 0.3 is 5.97 Å². The van der Waals surface area contributed by atoms with Crippen LogP contribution in [0.2, 0.25) is 5.02 Å². The molecule has 23 heavy (non-hydrogen) atoms. The van der Waals surface area contributed by atoms with E-state index in [4.69, 9.17) is 16.3 Å². The number of nitrogens with zero attached hydrogens (tertiary/aromatic N) is 1. The van der Waals surface area contributed by atoms with Gasteiger partial charge in [-0.15, -0.1) is 0 Å². The summed E-state index contributed by atoms with van der Waals surface area (Å²) in [6.45, 7) is 3.47. The molecule has 1 rings (SSSR count). The normalized spacial score (nSPS) is 12.0. The third kappa shape index (κ3) is 5.10. The van der Waals surface area contributed by atoms with Crippen molar-refractivity contribution in [3.8, 4) is 0 Å². The molecule has 0 saturated heterocycles. The zero-order chi connectivity index (χ0) is 17.4. The number of carbonyl (C=O) groups is 2. The van der Waals surface area contributed by atoms with E-state index in [1.54, 1.807) is 18.2 Å². The van der Waals surface area contributed by atoms with E-state index in [1.165, 1.54) is 20.2 Å². The third-order valence-electron chi connectivity index (χ3n) is 2.83. The van der Waals surface area contributed by atoms with Crippen LogP contribution in [0.4, 0.5) is 5.69 Å². The lowest BCUT2D eigenvalue weighted by molar-refractivity contribution is -0.138. The SMILES string of the molecule is CCCOC(=O)C(C=Nc1cccc(C(=O)NC)c1Cl)=C(C)O. The number of allylic oxidation sites excluding steroid dienone is 1. The van der Waals surface area contributed by atoms with Crippen LogP contribution in [0.1, 0.15) is 30.6 Å². The molecule has 1 aromatic rings. The molecule has 0 fully saturated rings. The smallest absolute Gasteiger partial charge is 0.343 e. The Hall–Kier alpha value is -2.34. The fourth-order valence-electron chi connectivity index (χ4n) is 1.63. The van der Waals surface area contributed by atoms with Crippen LogP contribution in [0.25, 0.3) is 0 Å². The lowest BCUT2D eigenvalue weighted by Gasteiger charge is -2.06. The van der Waals surface area contributed by atoms with E-state index in [1.807, 2.05) is 6.92 Å². The summed E-state index contributed by atoms with van der Waals surface area (Å²) in [5, 5.41) is 12.2. The van der Waals surface area contributed by atoms with Gasteiger partial charge in [-0.3, -0.25) is 9.79 Å². The number of nitrogens with one attached hydrogen (secondary N) is 1. The number of amides is 1.